The average Bonchev–Trinajstić information content (AvgIpc) is 3.09. The molecule has 1 atom stereocenters. The van der Waals surface area contributed by atoms with Crippen molar-refractivity contribution in [1.29, 1.82) is 0 Å². The van der Waals surface area contributed by atoms with Gasteiger partial charge in [-0.25, -0.2) is 0 Å². The van der Waals surface area contributed by atoms with Crippen LogP contribution >= 0.6 is 12.2 Å². The summed E-state index contributed by atoms with van der Waals surface area (Å²) in [6.07, 6.45) is 1.69. The summed E-state index contributed by atoms with van der Waals surface area (Å²) in [7, 11) is 5.75. The molecule has 2 aromatic rings. The van der Waals surface area contributed by atoms with Gasteiger partial charge in [-0.15, -0.1) is 0 Å². The van der Waals surface area contributed by atoms with E-state index in [2.05, 4.69) is 22.0 Å². The third-order valence-corrected chi connectivity index (χ3v) is 4.16. The summed E-state index contributed by atoms with van der Waals surface area (Å²) in [5.41, 5.74) is 0.853. The molecule has 1 unspecified atom stereocenters. The van der Waals surface area contributed by atoms with Gasteiger partial charge in [0.05, 0.1) is 25.1 Å². The molecule has 0 bridgehead atoms. The van der Waals surface area contributed by atoms with Gasteiger partial charge in [0.2, 0.25) is 0 Å². The molecule has 1 heterocycles. The minimum atomic E-state index is 0.0367. The number of rotatable bonds is 7. The monoisotopic (exact) mass is 347 g/mol. The van der Waals surface area contributed by atoms with Crippen molar-refractivity contribution in [2.24, 2.45) is 0 Å². The number of nitrogens with zero attached hydrogens (tertiary/aromatic N) is 2. The van der Waals surface area contributed by atoms with Gasteiger partial charge in [-0.1, -0.05) is 12.1 Å². The molecule has 0 aliphatic carbocycles. The van der Waals surface area contributed by atoms with Crippen molar-refractivity contribution in [1.82, 2.24) is 9.80 Å². The molecular weight excluding hydrogens is 322 g/mol. The number of nitrogens with one attached hydrogen (secondary N) is 1. The normalized spacial score (nSPS) is 12.0. The number of anilines is 1. The lowest BCUT2D eigenvalue weighted by molar-refractivity contribution is 0.263. The molecule has 6 heteroatoms. The molecular formula is C18H25N3O2S. The van der Waals surface area contributed by atoms with Crippen LogP contribution in [0.3, 0.4) is 0 Å². The number of thiocarbonyl (C=S) groups is 1. The van der Waals surface area contributed by atoms with Crippen LogP contribution in [0.4, 0.5) is 5.69 Å². The van der Waals surface area contributed by atoms with Crippen molar-refractivity contribution in [3.63, 3.8) is 0 Å². The molecule has 1 aromatic heterocycles. The lowest BCUT2D eigenvalue weighted by Gasteiger charge is -2.32. The van der Waals surface area contributed by atoms with Gasteiger partial charge >= 0.3 is 0 Å². The Morgan fingerprint density at radius 3 is 2.58 bits per heavy atom. The Morgan fingerprint density at radius 2 is 1.96 bits per heavy atom. The van der Waals surface area contributed by atoms with E-state index in [1.807, 2.05) is 50.5 Å². The fraction of sp³-hybridized carbons (Fsp3) is 0.389. The SMILES string of the molecule is COc1ccccc1NC(=S)N(CCN(C)C)C(C)c1ccco1. The number of furan rings is 1. The molecule has 0 saturated carbocycles. The number of likely N-dealkylation sites (N-methyl/N-ethyl adjacent to an activating group) is 1. The number of ether oxygens (including phenoxy) is 1. The zero-order valence-corrected chi connectivity index (χ0v) is 15.5. The van der Waals surface area contributed by atoms with Crippen LogP contribution in [0.15, 0.2) is 47.1 Å². The summed E-state index contributed by atoms with van der Waals surface area (Å²) in [6.45, 7) is 3.76. The summed E-state index contributed by atoms with van der Waals surface area (Å²) in [4.78, 5) is 4.26. The predicted molar refractivity (Wildman–Crippen MR) is 102 cm³/mol. The van der Waals surface area contributed by atoms with Crippen molar-refractivity contribution in [2.45, 2.75) is 13.0 Å². The highest BCUT2D eigenvalue weighted by atomic mass is 32.1. The zero-order valence-electron chi connectivity index (χ0n) is 14.7. The molecule has 0 spiro atoms. The number of methoxy groups -OCH3 is 1. The summed E-state index contributed by atoms with van der Waals surface area (Å²) in [5.74, 6) is 1.65. The highest BCUT2D eigenvalue weighted by Crippen LogP contribution is 2.26. The molecule has 1 aromatic carbocycles. The fourth-order valence-electron chi connectivity index (χ4n) is 2.40. The maximum atomic E-state index is 5.67. The van der Waals surface area contributed by atoms with E-state index in [0.717, 1.165) is 30.3 Å². The lowest BCUT2D eigenvalue weighted by atomic mass is 10.2. The second kappa shape index (κ2) is 8.70. The van der Waals surface area contributed by atoms with Crippen LogP contribution in [0.25, 0.3) is 0 Å². The highest BCUT2D eigenvalue weighted by molar-refractivity contribution is 7.80. The summed E-state index contributed by atoms with van der Waals surface area (Å²) >= 11 is 5.67. The van der Waals surface area contributed by atoms with E-state index >= 15 is 0 Å². The van der Waals surface area contributed by atoms with Crippen molar-refractivity contribution in [3.8, 4) is 5.75 Å². The molecule has 0 aliphatic rings. The Balaban J connectivity index is 2.17. The quantitative estimate of drug-likeness (QED) is 0.772. The predicted octanol–water partition coefficient (Wildman–Crippen LogP) is 3.61. The van der Waals surface area contributed by atoms with Crippen LogP contribution in [-0.4, -0.2) is 49.2 Å². The molecule has 0 radical (unpaired) electrons. The molecule has 0 amide bonds. The van der Waals surface area contributed by atoms with E-state index in [1.165, 1.54) is 0 Å². The summed E-state index contributed by atoms with van der Waals surface area (Å²) in [6, 6.07) is 11.6. The largest absolute Gasteiger partial charge is 0.495 e. The van der Waals surface area contributed by atoms with E-state index in [4.69, 9.17) is 21.4 Å². The third-order valence-electron chi connectivity index (χ3n) is 3.82. The maximum absolute atomic E-state index is 5.67. The van der Waals surface area contributed by atoms with Gasteiger partial charge < -0.3 is 24.3 Å². The second-order valence-electron chi connectivity index (χ2n) is 5.82. The first-order valence-electron chi connectivity index (χ1n) is 7.91. The minimum Gasteiger partial charge on any atom is -0.495 e. The first-order chi connectivity index (χ1) is 11.5. The van der Waals surface area contributed by atoms with Crippen molar-refractivity contribution in [2.75, 3.05) is 39.6 Å². The smallest absolute Gasteiger partial charge is 0.174 e. The average molecular weight is 347 g/mol. The number of benzene rings is 1. The van der Waals surface area contributed by atoms with Gasteiger partial charge in [0, 0.05) is 13.1 Å². The van der Waals surface area contributed by atoms with Crippen LogP contribution in [0, 0.1) is 0 Å². The topological polar surface area (TPSA) is 40.9 Å². The van der Waals surface area contributed by atoms with Crippen LogP contribution < -0.4 is 10.1 Å². The number of para-hydroxylation sites is 2. The molecule has 0 saturated heterocycles. The minimum absolute atomic E-state index is 0.0367. The third kappa shape index (κ3) is 4.72. The molecule has 130 valence electrons. The standard InChI is InChI=1S/C18H25N3O2S/c1-14(16-10-7-13-23-16)21(12-11-20(2)3)18(24)19-15-8-5-6-9-17(15)22-4/h5-10,13-14H,11-12H2,1-4H3,(H,19,24). The van der Waals surface area contributed by atoms with E-state index < -0.39 is 0 Å². The van der Waals surface area contributed by atoms with Gasteiger partial charge in [-0.2, -0.15) is 0 Å². The summed E-state index contributed by atoms with van der Waals surface area (Å²) < 4.78 is 11.0. The van der Waals surface area contributed by atoms with Gasteiger partial charge in [-0.05, 0) is 57.5 Å². The number of hydrogen-bond donors (Lipinski definition) is 1. The molecule has 0 fully saturated rings. The maximum Gasteiger partial charge on any atom is 0.174 e. The first kappa shape index (κ1) is 18.3. The van der Waals surface area contributed by atoms with Crippen molar-refractivity contribution < 1.29 is 9.15 Å². The van der Waals surface area contributed by atoms with Gasteiger partial charge in [0.25, 0.3) is 0 Å². The fourth-order valence-corrected chi connectivity index (χ4v) is 2.76. The molecule has 0 aliphatic heterocycles. The van der Waals surface area contributed by atoms with E-state index in [9.17, 15) is 0 Å². The van der Waals surface area contributed by atoms with Gasteiger partial charge in [-0.3, -0.25) is 0 Å². The Hall–Kier alpha value is -2.05. The van der Waals surface area contributed by atoms with Gasteiger partial charge in [0.15, 0.2) is 5.11 Å². The Bertz CT molecular complexity index is 643. The highest BCUT2D eigenvalue weighted by Gasteiger charge is 2.21. The van der Waals surface area contributed by atoms with Crippen LogP contribution in [-0.2, 0) is 0 Å². The van der Waals surface area contributed by atoms with E-state index in [1.54, 1.807) is 13.4 Å². The zero-order chi connectivity index (χ0) is 17.5. The molecule has 1 N–H and O–H groups in total. The molecule has 5 nitrogen and oxygen atoms in total. The Morgan fingerprint density at radius 1 is 1.21 bits per heavy atom. The Kier molecular flexibility index (Phi) is 6.63. The van der Waals surface area contributed by atoms with Crippen molar-refractivity contribution >= 4 is 23.0 Å². The van der Waals surface area contributed by atoms with E-state index in [0.29, 0.717) is 5.11 Å². The van der Waals surface area contributed by atoms with Crippen LogP contribution in [0.2, 0.25) is 0 Å². The molecule has 2 rings (SSSR count). The molecule has 24 heavy (non-hydrogen) atoms. The summed E-state index contributed by atoms with van der Waals surface area (Å²) in [5, 5.41) is 3.94. The first-order valence-corrected chi connectivity index (χ1v) is 8.32. The van der Waals surface area contributed by atoms with Crippen LogP contribution in [0.1, 0.15) is 18.7 Å². The van der Waals surface area contributed by atoms with Gasteiger partial charge in [0.1, 0.15) is 11.5 Å². The van der Waals surface area contributed by atoms with Crippen molar-refractivity contribution in [3.05, 3.63) is 48.4 Å². The van der Waals surface area contributed by atoms with Crippen LogP contribution in [0.5, 0.6) is 5.75 Å². The lowest BCUT2D eigenvalue weighted by Crippen LogP contribution is -2.40. The number of hydrogen-bond acceptors (Lipinski definition) is 4. The Labute approximate surface area is 149 Å². The van der Waals surface area contributed by atoms with E-state index in [-0.39, 0.29) is 6.04 Å². The second-order valence-corrected chi connectivity index (χ2v) is 6.21.